The Bertz CT molecular complexity index is 1350. The highest BCUT2D eigenvalue weighted by molar-refractivity contribution is 5.81. The van der Waals surface area contributed by atoms with Crippen molar-refractivity contribution in [3.05, 3.63) is 56.4 Å². The molecule has 0 saturated carbocycles. The molecule has 9 nitrogen and oxygen atoms in total. The molecule has 9 heteroatoms. The van der Waals surface area contributed by atoms with Crippen molar-refractivity contribution in [2.24, 2.45) is 7.05 Å². The number of aryl methyl sites for hydroxylation is 2. The molecule has 0 bridgehead atoms. The van der Waals surface area contributed by atoms with Gasteiger partial charge in [0.05, 0.1) is 18.8 Å². The van der Waals surface area contributed by atoms with Crippen molar-refractivity contribution in [2.45, 2.75) is 40.3 Å². The van der Waals surface area contributed by atoms with Crippen LogP contribution in [0.15, 0.2) is 32.4 Å². The third-order valence-corrected chi connectivity index (χ3v) is 5.45. The van der Waals surface area contributed by atoms with Gasteiger partial charge < -0.3 is 8.98 Å². The van der Waals surface area contributed by atoms with E-state index in [-0.39, 0.29) is 16.9 Å². The van der Waals surface area contributed by atoms with E-state index in [9.17, 15) is 14.4 Å². The van der Waals surface area contributed by atoms with E-state index in [0.29, 0.717) is 12.3 Å². The van der Waals surface area contributed by atoms with Crippen LogP contribution in [0.4, 0.5) is 0 Å². The van der Waals surface area contributed by atoms with Crippen molar-refractivity contribution < 1.29 is 9.21 Å². The van der Waals surface area contributed by atoms with Gasteiger partial charge in [0.25, 0.3) is 5.56 Å². The van der Waals surface area contributed by atoms with Gasteiger partial charge in [-0.05, 0) is 39.8 Å². The number of ketones is 1. The smallest absolute Gasteiger partial charge is 0.333 e. The average Bonchev–Trinajstić information content (AvgIpc) is 3.34. The number of rotatable bonds is 4. The van der Waals surface area contributed by atoms with Crippen LogP contribution in [-0.4, -0.2) is 28.9 Å². The number of Topliss-reactive ketones (excluding diaryl/α,β-unsaturated/α-hetero) is 1. The van der Waals surface area contributed by atoms with Gasteiger partial charge in [0.2, 0.25) is 5.78 Å². The maximum Gasteiger partial charge on any atom is 0.333 e. The Kier molecular flexibility index (Phi) is 3.91. The first kappa shape index (κ1) is 18.0. The van der Waals surface area contributed by atoms with Gasteiger partial charge in [-0.25, -0.2) is 9.36 Å². The molecule has 0 unspecified atom stereocenters. The fourth-order valence-electron chi connectivity index (χ4n) is 3.55. The van der Waals surface area contributed by atoms with Crippen LogP contribution in [0, 0.1) is 13.8 Å². The largest absolute Gasteiger partial charge is 0.467 e. The lowest BCUT2D eigenvalue weighted by Gasteiger charge is -2.12. The lowest BCUT2D eigenvalue weighted by molar-refractivity contribution is -0.119. The quantitative estimate of drug-likeness (QED) is 0.533. The lowest BCUT2D eigenvalue weighted by atomic mass is 10.2. The Morgan fingerprint density at radius 1 is 1.25 bits per heavy atom. The number of carbonyl (C=O) groups excluding carboxylic acids is 1. The summed E-state index contributed by atoms with van der Waals surface area (Å²) in [7, 11) is 1.55. The molecule has 0 spiro atoms. The van der Waals surface area contributed by atoms with Crippen LogP contribution in [0.25, 0.3) is 16.9 Å². The van der Waals surface area contributed by atoms with Crippen LogP contribution < -0.4 is 11.2 Å². The van der Waals surface area contributed by atoms with E-state index in [1.807, 2.05) is 30.5 Å². The predicted molar refractivity (Wildman–Crippen MR) is 103 cm³/mol. The second-order valence-corrected chi connectivity index (χ2v) is 7.06. The number of nitrogens with zero attached hydrogens (tertiary/aromatic N) is 5. The second kappa shape index (κ2) is 6.08. The zero-order chi connectivity index (χ0) is 20.3. The fraction of sp³-hybridized carbons (Fsp3) is 0.368. The maximum atomic E-state index is 13.2. The second-order valence-electron chi connectivity index (χ2n) is 7.06. The molecule has 4 rings (SSSR count). The van der Waals surface area contributed by atoms with Crippen molar-refractivity contribution in [1.29, 1.82) is 0 Å². The molecule has 1 atom stereocenters. The van der Waals surface area contributed by atoms with Crippen LogP contribution in [0.1, 0.15) is 37.0 Å². The average molecular weight is 383 g/mol. The number of fused-ring (bicyclic) bond motifs is 3. The normalized spacial score (nSPS) is 12.9. The Morgan fingerprint density at radius 2 is 1.96 bits per heavy atom. The number of carbonyl (C=O) groups is 1. The summed E-state index contributed by atoms with van der Waals surface area (Å²) >= 11 is 0. The molecule has 4 aromatic rings. The molecular formula is C19H21N5O4. The molecular weight excluding hydrogens is 362 g/mol. The Hall–Kier alpha value is -3.36. The molecule has 146 valence electrons. The molecule has 0 aromatic carbocycles. The SMILES string of the molecule is CC(=O)[C@H](C)n1c(=O)c2c(nc3n(Cc4ccco4)c(C)c(C)n23)n(C)c1=O. The van der Waals surface area contributed by atoms with E-state index in [4.69, 9.17) is 4.42 Å². The highest BCUT2D eigenvalue weighted by Crippen LogP contribution is 2.22. The Labute approximate surface area is 159 Å². The van der Waals surface area contributed by atoms with Crippen molar-refractivity contribution >= 4 is 22.7 Å². The Balaban J connectivity index is 2.12. The molecule has 0 saturated heterocycles. The standard InChI is InChI=1S/C19H21N5O4/c1-10-11(2)23-15-16(20-18(23)22(10)9-14-7-6-8-28-14)21(5)19(27)24(17(15)26)12(3)13(4)25/h6-8,12H,9H2,1-5H3/t12-/m0/s1. The van der Waals surface area contributed by atoms with Crippen LogP contribution in [0.2, 0.25) is 0 Å². The first-order valence-electron chi connectivity index (χ1n) is 8.96. The Morgan fingerprint density at radius 3 is 2.57 bits per heavy atom. The van der Waals surface area contributed by atoms with Crippen molar-refractivity contribution in [2.75, 3.05) is 0 Å². The summed E-state index contributed by atoms with van der Waals surface area (Å²) in [5.74, 6) is 1.04. The molecule has 4 heterocycles. The zero-order valence-corrected chi connectivity index (χ0v) is 16.4. The van der Waals surface area contributed by atoms with Gasteiger partial charge in [0.15, 0.2) is 16.9 Å². The first-order valence-corrected chi connectivity index (χ1v) is 8.96. The van der Waals surface area contributed by atoms with E-state index in [2.05, 4.69) is 4.98 Å². The molecule has 0 aliphatic carbocycles. The third-order valence-electron chi connectivity index (χ3n) is 5.45. The number of aromatic nitrogens is 5. The highest BCUT2D eigenvalue weighted by Gasteiger charge is 2.25. The summed E-state index contributed by atoms with van der Waals surface area (Å²) in [5, 5.41) is 0. The summed E-state index contributed by atoms with van der Waals surface area (Å²) < 4.78 is 11.5. The molecule has 0 N–H and O–H groups in total. The predicted octanol–water partition coefficient (Wildman–Crippen LogP) is 1.56. The summed E-state index contributed by atoms with van der Waals surface area (Å²) in [5.41, 5.74) is 1.25. The number of hydrogen-bond donors (Lipinski definition) is 0. The monoisotopic (exact) mass is 383 g/mol. The molecule has 0 aliphatic rings. The first-order chi connectivity index (χ1) is 13.2. The van der Waals surface area contributed by atoms with Gasteiger partial charge >= 0.3 is 5.69 Å². The minimum atomic E-state index is -0.854. The van der Waals surface area contributed by atoms with Gasteiger partial charge in [0.1, 0.15) is 5.76 Å². The molecule has 0 radical (unpaired) electrons. The van der Waals surface area contributed by atoms with Crippen molar-refractivity contribution in [1.82, 2.24) is 23.1 Å². The van der Waals surface area contributed by atoms with Gasteiger partial charge in [-0.1, -0.05) is 0 Å². The van der Waals surface area contributed by atoms with Crippen LogP contribution in [0.3, 0.4) is 0 Å². The molecule has 0 aliphatic heterocycles. The van der Waals surface area contributed by atoms with Gasteiger partial charge in [-0.15, -0.1) is 0 Å². The van der Waals surface area contributed by atoms with Gasteiger partial charge in [-0.2, -0.15) is 4.98 Å². The zero-order valence-electron chi connectivity index (χ0n) is 16.4. The lowest BCUT2D eigenvalue weighted by Crippen LogP contribution is -2.42. The molecule has 0 amide bonds. The van der Waals surface area contributed by atoms with Gasteiger partial charge in [0, 0.05) is 18.4 Å². The number of furan rings is 1. The van der Waals surface area contributed by atoms with Crippen molar-refractivity contribution in [3.8, 4) is 0 Å². The maximum absolute atomic E-state index is 13.2. The van der Waals surface area contributed by atoms with Crippen molar-refractivity contribution in [3.63, 3.8) is 0 Å². The minimum Gasteiger partial charge on any atom is -0.467 e. The minimum absolute atomic E-state index is 0.261. The molecule has 4 aromatic heterocycles. The molecule has 0 fully saturated rings. The fourth-order valence-corrected chi connectivity index (χ4v) is 3.55. The topological polar surface area (TPSA) is 96.4 Å². The highest BCUT2D eigenvalue weighted by atomic mass is 16.3. The van der Waals surface area contributed by atoms with E-state index in [1.165, 1.54) is 11.5 Å². The van der Waals surface area contributed by atoms with E-state index < -0.39 is 17.3 Å². The third kappa shape index (κ3) is 2.32. The molecule has 28 heavy (non-hydrogen) atoms. The summed E-state index contributed by atoms with van der Waals surface area (Å²) in [6.07, 6.45) is 1.60. The van der Waals surface area contributed by atoms with Crippen LogP contribution >= 0.6 is 0 Å². The summed E-state index contributed by atoms with van der Waals surface area (Å²) in [6.45, 7) is 7.20. The van der Waals surface area contributed by atoms with Crippen LogP contribution in [0.5, 0.6) is 0 Å². The van der Waals surface area contributed by atoms with Crippen LogP contribution in [-0.2, 0) is 18.4 Å². The summed E-state index contributed by atoms with van der Waals surface area (Å²) in [6, 6.07) is 2.82. The van der Waals surface area contributed by atoms with Gasteiger partial charge in [-0.3, -0.25) is 18.6 Å². The van der Waals surface area contributed by atoms with E-state index in [0.717, 1.165) is 21.7 Å². The number of hydrogen-bond acceptors (Lipinski definition) is 5. The van der Waals surface area contributed by atoms with E-state index in [1.54, 1.807) is 24.6 Å². The summed E-state index contributed by atoms with van der Waals surface area (Å²) in [4.78, 5) is 42.4. The number of imidazole rings is 2. The van der Waals surface area contributed by atoms with E-state index >= 15 is 0 Å².